The third-order valence-electron chi connectivity index (χ3n) is 5.43. The monoisotopic (exact) mass is 394 g/mol. The number of hydrogen-bond donors (Lipinski definition) is 1. The van der Waals surface area contributed by atoms with Gasteiger partial charge in [0.25, 0.3) is 5.91 Å². The number of aromatic nitrogens is 2. The molecule has 4 rings (SSSR count). The number of halogens is 1. The maximum Gasteiger partial charge on any atom is 0.272 e. The van der Waals surface area contributed by atoms with Gasteiger partial charge in [-0.1, -0.05) is 35.9 Å². The summed E-state index contributed by atoms with van der Waals surface area (Å²) in [6.07, 6.45) is 0. The second kappa shape index (κ2) is 7.68. The summed E-state index contributed by atoms with van der Waals surface area (Å²) >= 11 is 5.94. The molecule has 2 heterocycles. The number of aryl methyl sites for hydroxylation is 1. The van der Waals surface area contributed by atoms with Gasteiger partial charge in [0, 0.05) is 42.5 Å². The lowest BCUT2D eigenvalue weighted by Gasteiger charge is -2.36. The maximum atomic E-state index is 12.9. The first-order valence-electron chi connectivity index (χ1n) is 9.45. The fourth-order valence-corrected chi connectivity index (χ4v) is 3.72. The number of carbonyl (C=O) groups excluding carboxylic acids is 1. The van der Waals surface area contributed by atoms with Gasteiger partial charge in [-0.2, -0.15) is 5.10 Å². The quantitative estimate of drug-likeness (QED) is 0.720. The zero-order valence-corrected chi connectivity index (χ0v) is 16.8. The van der Waals surface area contributed by atoms with E-state index in [-0.39, 0.29) is 5.91 Å². The van der Waals surface area contributed by atoms with Crippen LogP contribution in [-0.4, -0.2) is 47.2 Å². The van der Waals surface area contributed by atoms with Gasteiger partial charge < -0.3 is 9.80 Å². The lowest BCUT2D eigenvalue weighted by atomic mass is 10.1. The van der Waals surface area contributed by atoms with Gasteiger partial charge in [-0.25, -0.2) is 0 Å². The molecule has 0 radical (unpaired) electrons. The fourth-order valence-electron chi connectivity index (χ4n) is 3.60. The molecule has 28 heavy (non-hydrogen) atoms. The molecule has 1 saturated heterocycles. The predicted molar refractivity (Wildman–Crippen MR) is 113 cm³/mol. The molecule has 1 aromatic heterocycles. The number of nitrogens with zero attached hydrogens (tertiary/aromatic N) is 3. The number of anilines is 1. The first-order valence-corrected chi connectivity index (χ1v) is 9.82. The van der Waals surface area contributed by atoms with Crippen molar-refractivity contribution in [3.8, 4) is 11.3 Å². The van der Waals surface area contributed by atoms with E-state index in [0.29, 0.717) is 23.8 Å². The molecule has 1 aliphatic heterocycles. The molecule has 0 saturated carbocycles. The van der Waals surface area contributed by atoms with Crippen molar-refractivity contribution < 1.29 is 4.79 Å². The molecule has 3 aromatic rings. The second-order valence-corrected chi connectivity index (χ2v) is 7.61. The van der Waals surface area contributed by atoms with Gasteiger partial charge in [-0.15, -0.1) is 0 Å². The summed E-state index contributed by atoms with van der Waals surface area (Å²) in [5, 5.41) is 7.86. The van der Waals surface area contributed by atoms with Crippen molar-refractivity contribution in [3.05, 3.63) is 70.4 Å². The van der Waals surface area contributed by atoms with Crippen molar-refractivity contribution in [2.24, 2.45) is 0 Å². The molecule has 144 valence electrons. The smallest absolute Gasteiger partial charge is 0.272 e. The van der Waals surface area contributed by atoms with Gasteiger partial charge in [0.1, 0.15) is 5.69 Å². The molecule has 1 aliphatic rings. The average molecular weight is 395 g/mol. The maximum absolute atomic E-state index is 12.9. The number of carbonyl (C=O) groups is 1. The number of hydrogen-bond acceptors (Lipinski definition) is 3. The van der Waals surface area contributed by atoms with Crippen molar-refractivity contribution in [1.82, 2.24) is 15.1 Å². The number of rotatable bonds is 3. The van der Waals surface area contributed by atoms with E-state index in [0.717, 1.165) is 24.3 Å². The predicted octanol–water partition coefficient (Wildman–Crippen LogP) is 4.31. The van der Waals surface area contributed by atoms with E-state index in [1.54, 1.807) is 0 Å². The number of benzene rings is 2. The van der Waals surface area contributed by atoms with Crippen molar-refractivity contribution >= 4 is 23.2 Å². The van der Waals surface area contributed by atoms with Crippen LogP contribution in [0.5, 0.6) is 0 Å². The van der Waals surface area contributed by atoms with Crippen LogP contribution in [0.3, 0.4) is 0 Å². The summed E-state index contributed by atoms with van der Waals surface area (Å²) in [7, 11) is 0. The SMILES string of the molecule is Cc1cccc(N2CCN(C(=O)c3cc(-c4ccc(Cl)cc4)n[nH]3)CC2)c1C. The molecule has 2 aromatic carbocycles. The molecular formula is C22H23ClN4O. The Bertz CT molecular complexity index is 988. The highest BCUT2D eigenvalue weighted by molar-refractivity contribution is 6.30. The van der Waals surface area contributed by atoms with E-state index in [1.165, 1.54) is 16.8 Å². The van der Waals surface area contributed by atoms with Crippen LogP contribution in [0.15, 0.2) is 48.5 Å². The van der Waals surface area contributed by atoms with Gasteiger partial charge in [0.05, 0.1) is 5.69 Å². The molecule has 0 unspecified atom stereocenters. The Hall–Kier alpha value is -2.79. The summed E-state index contributed by atoms with van der Waals surface area (Å²) < 4.78 is 0. The van der Waals surface area contributed by atoms with Gasteiger partial charge in [0.15, 0.2) is 0 Å². The van der Waals surface area contributed by atoms with Crippen molar-refractivity contribution in [2.75, 3.05) is 31.1 Å². The summed E-state index contributed by atoms with van der Waals surface area (Å²) in [6, 6.07) is 15.6. The van der Waals surface area contributed by atoms with Crippen LogP contribution in [0.25, 0.3) is 11.3 Å². The first kappa shape index (κ1) is 18.6. The molecule has 0 aliphatic carbocycles. The molecule has 0 atom stereocenters. The second-order valence-electron chi connectivity index (χ2n) is 7.17. The molecule has 0 bridgehead atoms. The minimum absolute atomic E-state index is 0.00618. The third kappa shape index (κ3) is 3.62. The molecule has 1 fully saturated rings. The topological polar surface area (TPSA) is 52.2 Å². The number of H-pyrrole nitrogens is 1. The minimum Gasteiger partial charge on any atom is -0.368 e. The normalized spacial score (nSPS) is 14.4. The Labute approximate surface area is 169 Å². The van der Waals surface area contributed by atoms with E-state index in [4.69, 9.17) is 11.6 Å². The van der Waals surface area contributed by atoms with Crippen molar-refractivity contribution in [1.29, 1.82) is 0 Å². The van der Waals surface area contributed by atoms with Gasteiger partial charge in [-0.3, -0.25) is 9.89 Å². The van der Waals surface area contributed by atoms with E-state index >= 15 is 0 Å². The first-order chi connectivity index (χ1) is 13.5. The highest BCUT2D eigenvalue weighted by atomic mass is 35.5. The number of aromatic amines is 1. The zero-order chi connectivity index (χ0) is 19.7. The third-order valence-corrected chi connectivity index (χ3v) is 5.68. The largest absolute Gasteiger partial charge is 0.368 e. The average Bonchev–Trinajstić information content (AvgIpc) is 3.20. The van der Waals surface area contributed by atoms with Crippen LogP contribution in [0, 0.1) is 13.8 Å². The van der Waals surface area contributed by atoms with Gasteiger partial charge >= 0.3 is 0 Å². The fraction of sp³-hybridized carbons (Fsp3) is 0.273. The summed E-state index contributed by atoms with van der Waals surface area (Å²) in [5.41, 5.74) is 6.06. The number of piperazine rings is 1. The Morgan fingerprint density at radius 3 is 2.46 bits per heavy atom. The number of nitrogens with one attached hydrogen (secondary N) is 1. The Morgan fingerprint density at radius 1 is 1.04 bits per heavy atom. The van der Waals surface area contributed by atoms with Gasteiger partial charge in [-0.05, 0) is 49.2 Å². The molecule has 0 spiro atoms. The van der Waals surface area contributed by atoms with Crippen molar-refractivity contribution in [3.63, 3.8) is 0 Å². The van der Waals surface area contributed by atoms with E-state index < -0.39 is 0 Å². The van der Waals surface area contributed by atoms with Gasteiger partial charge in [0.2, 0.25) is 0 Å². The number of amides is 1. The van der Waals surface area contributed by atoms with Crippen LogP contribution in [0.1, 0.15) is 21.6 Å². The van der Waals surface area contributed by atoms with Crippen LogP contribution in [0.2, 0.25) is 5.02 Å². The summed E-state index contributed by atoms with van der Waals surface area (Å²) in [6.45, 7) is 7.34. The Balaban J connectivity index is 1.43. The standard InChI is InChI=1S/C22H23ClN4O/c1-15-4-3-5-21(16(15)2)26-10-12-27(13-11-26)22(28)20-14-19(24-25-20)17-6-8-18(23)9-7-17/h3-9,14H,10-13H2,1-2H3,(H,24,25). The molecule has 1 amide bonds. The molecule has 6 heteroatoms. The lowest BCUT2D eigenvalue weighted by molar-refractivity contribution is 0.0741. The molecule has 5 nitrogen and oxygen atoms in total. The van der Waals surface area contributed by atoms with E-state index in [2.05, 4.69) is 47.1 Å². The van der Waals surface area contributed by atoms with E-state index in [9.17, 15) is 4.79 Å². The van der Waals surface area contributed by atoms with Crippen molar-refractivity contribution in [2.45, 2.75) is 13.8 Å². The highest BCUT2D eigenvalue weighted by Crippen LogP contribution is 2.25. The van der Waals surface area contributed by atoms with E-state index in [1.807, 2.05) is 35.2 Å². The molecular weight excluding hydrogens is 372 g/mol. The Kier molecular flexibility index (Phi) is 5.09. The van der Waals surface area contributed by atoms with Crippen LogP contribution >= 0.6 is 11.6 Å². The lowest BCUT2D eigenvalue weighted by Crippen LogP contribution is -2.49. The molecule has 1 N–H and O–H groups in total. The summed E-state index contributed by atoms with van der Waals surface area (Å²) in [4.78, 5) is 17.1. The van der Waals surface area contributed by atoms with Crippen LogP contribution in [0.4, 0.5) is 5.69 Å². The zero-order valence-electron chi connectivity index (χ0n) is 16.1. The minimum atomic E-state index is -0.00618. The van der Waals surface area contributed by atoms with Crippen LogP contribution in [-0.2, 0) is 0 Å². The Morgan fingerprint density at radius 2 is 1.75 bits per heavy atom. The van der Waals surface area contributed by atoms with Crippen LogP contribution < -0.4 is 4.90 Å². The highest BCUT2D eigenvalue weighted by Gasteiger charge is 2.24. The summed E-state index contributed by atoms with van der Waals surface area (Å²) in [5.74, 6) is -0.00618.